The molecule has 0 aliphatic rings. The molecule has 4 nitrogen and oxygen atoms in total. The average molecular weight is 316 g/mol. The maximum Gasteiger partial charge on any atom is 0.363 e. The molecular weight excluding hydrogens is 291 g/mol. The summed E-state index contributed by atoms with van der Waals surface area (Å²) in [5.41, 5.74) is 0.815. The first kappa shape index (κ1) is 17.6. The molecule has 0 aromatic heterocycles. The second-order valence-electron chi connectivity index (χ2n) is 5.85. The number of rotatable bonds is 8. The summed E-state index contributed by atoms with van der Waals surface area (Å²) in [7, 11) is -1.72. The summed E-state index contributed by atoms with van der Waals surface area (Å²) in [4.78, 5) is 0. The van der Waals surface area contributed by atoms with Crippen LogP contribution in [-0.2, 0) is 18.3 Å². The Bertz CT molecular complexity index is 436. The molecule has 0 bridgehead atoms. The van der Waals surface area contributed by atoms with E-state index in [1.807, 2.05) is 30.3 Å². The molecule has 1 unspecified atom stereocenters. The molecule has 114 valence electrons. The van der Waals surface area contributed by atoms with Crippen molar-refractivity contribution in [3.8, 4) is 0 Å². The molecule has 0 saturated heterocycles. The summed E-state index contributed by atoms with van der Waals surface area (Å²) in [6.45, 7) is 7.40. The van der Waals surface area contributed by atoms with Gasteiger partial charge in [0, 0.05) is 28.9 Å². The Kier molecular flexibility index (Phi) is 6.62. The van der Waals surface area contributed by atoms with Crippen molar-refractivity contribution < 1.29 is 18.3 Å². The van der Waals surface area contributed by atoms with Crippen molar-refractivity contribution in [2.24, 2.45) is 0 Å². The lowest BCUT2D eigenvalue weighted by molar-refractivity contribution is 0.0864. The van der Waals surface area contributed by atoms with Crippen LogP contribution in [0, 0.1) is 0 Å². The predicted molar refractivity (Wildman–Crippen MR) is 84.9 cm³/mol. The molecule has 0 N–H and O–H groups in total. The second kappa shape index (κ2) is 7.53. The highest BCUT2D eigenvalue weighted by atomic mass is 31.2. The summed E-state index contributed by atoms with van der Waals surface area (Å²) in [6, 6.07) is 10.4. The molecule has 0 heterocycles. The van der Waals surface area contributed by atoms with Crippen LogP contribution in [0.15, 0.2) is 30.3 Å². The highest BCUT2D eigenvalue weighted by molar-refractivity contribution is 7.54. The first-order valence-corrected chi connectivity index (χ1v) is 12.0. The van der Waals surface area contributed by atoms with Crippen molar-refractivity contribution in [2.75, 3.05) is 20.8 Å². The van der Waals surface area contributed by atoms with Gasteiger partial charge in [0.25, 0.3) is 0 Å². The second-order valence-corrected chi connectivity index (χ2v) is 13.7. The number of ether oxygens (including phenoxy) is 1. The van der Waals surface area contributed by atoms with Crippen LogP contribution in [0.1, 0.15) is 11.4 Å². The van der Waals surface area contributed by atoms with Gasteiger partial charge >= 0.3 is 7.60 Å². The lowest BCUT2D eigenvalue weighted by Gasteiger charge is -2.26. The summed E-state index contributed by atoms with van der Waals surface area (Å²) >= 11 is 0. The molecule has 20 heavy (non-hydrogen) atoms. The van der Waals surface area contributed by atoms with Gasteiger partial charge in [-0.1, -0.05) is 50.0 Å². The number of hydrogen-bond donors (Lipinski definition) is 0. The predicted octanol–water partition coefficient (Wildman–Crippen LogP) is 4.53. The van der Waals surface area contributed by atoms with Gasteiger partial charge < -0.3 is 13.8 Å². The standard InChI is InChI=1S/C14H25O4PSi/c1-16-19(15,17-2)14(13-9-7-6-8-10-13)18-11-12-20(3,4)5/h6-10,14H,11-12H2,1-5H3. The van der Waals surface area contributed by atoms with Crippen LogP contribution < -0.4 is 0 Å². The zero-order valence-electron chi connectivity index (χ0n) is 13.0. The Labute approximate surface area is 123 Å². The van der Waals surface area contributed by atoms with Crippen LogP contribution in [0.2, 0.25) is 25.7 Å². The van der Waals surface area contributed by atoms with E-state index in [2.05, 4.69) is 19.6 Å². The minimum atomic E-state index is -3.30. The summed E-state index contributed by atoms with van der Waals surface area (Å²) < 4.78 is 28.7. The van der Waals surface area contributed by atoms with Gasteiger partial charge in [-0.05, 0) is 11.6 Å². The van der Waals surface area contributed by atoms with Crippen molar-refractivity contribution in [1.29, 1.82) is 0 Å². The largest absolute Gasteiger partial charge is 0.363 e. The average Bonchev–Trinajstić information content (AvgIpc) is 2.42. The molecule has 6 heteroatoms. The van der Waals surface area contributed by atoms with E-state index in [-0.39, 0.29) is 0 Å². The van der Waals surface area contributed by atoms with Gasteiger partial charge in [-0.2, -0.15) is 0 Å². The molecule has 0 radical (unpaired) electrons. The summed E-state index contributed by atoms with van der Waals surface area (Å²) in [5.74, 6) is -0.671. The normalized spacial score (nSPS) is 14.2. The van der Waals surface area contributed by atoms with E-state index in [1.54, 1.807) is 0 Å². The van der Waals surface area contributed by atoms with Gasteiger partial charge in [0.2, 0.25) is 0 Å². The Morgan fingerprint density at radius 1 is 1.10 bits per heavy atom. The van der Waals surface area contributed by atoms with Gasteiger partial charge in [0.05, 0.1) is 0 Å². The Hall–Kier alpha value is -0.453. The third-order valence-electron chi connectivity index (χ3n) is 3.01. The zero-order valence-corrected chi connectivity index (χ0v) is 14.9. The van der Waals surface area contributed by atoms with Crippen LogP contribution in [0.3, 0.4) is 0 Å². The monoisotopic (exact) mass is 316 g/mol. The van der Waals surface area contributed by atoms with Crippen molar-refractivity contribution in [2.45, 2.75) is 31.5 Å². The van der Waals surface area contributed by atoms with E-state index in [0.717, 1.165) is 11.6 Å². The molecule has 0 saturated carbocycles. The molecule has 1 atom stereocenters. The summed E-state index contributed by atoms with van der Waals surface area (Å²) in [5, 5.41) is 0. The topological polar surface area (TPSA) is 44.8 Å². The third kappa shape index (κ3) is 5.15. The fourth-order valence-corrected chi connectivity index (χ4v) is 3.82. The van der Waals surface area contributed by atoms with Crippen molar-refractivity contribution >= 4 is 15.7 Å². The molecular formula is C14H25O4PSi. The van der Waals surface area contributed by atoms with Gasteiger partial charge in [0.15, 0.2) is 5.85 Å². The molecule has 1 aromatic rings. The van der Waals surface area contributed by atoms with E-state index < -0.39 is 21.5 Å². The van der Waals surface area contributed by atoms with E-state index in [4.69, 9.17) is 13.8 Å². The first-order valence-electron chi connectivity index (χ1n) is 6.70. The minimum Gasteiger partial charge on any atom is -0.361 e. The van der Waals surface area contributed by atoms with E-state index in [1.165, 1.54) is 14.2 Å². The maximum absolute atomic E-state index is 12.6. The number of benzene rings is 1. The SMILES string of the molecule is COP(=O)(OC)C(OCC[Si](C)(C)C)c1ccccc1. The smallest absolute Gasteiger partial charge is 0.361 e. The highest BCUT2D eigenvalue weighted by Crippen LogP contribution is 2.60. The van der Waals surface area contributed by atoms with Gasteiger partial charge in [-0.15, -0.1) is 0 Å². The first-order chi connectivity index (χ1) is 9.32. The van der Waals surface area contributed by atoms with Crippen molar-refractivity contribution in [3.63, 3.8) is 0 Å². The van der Waals surface area contributed by atoms with Crippen LogP contribution >= 0.6 is 7.60 Å². The minimum absolute atomic E-state index is 0.562. The van der Waals surface area contributed by atoms with Gasteiger partial charge in [-0.3, -0.25) is 4.57 Å². The maximum atomic E-state index is 12.6. The quantitative estimate of drug-likeness (QED) is 0.522. The number of hydrogen-bond acceptors (Lipinski definition) is 4. The van der Waals surface area contributed by atoms with Crippen molar-refractivity contribution in [1.82, 2.24) is 0 Å². The van der Waals surface area contributed by atoms with Crippen molar-refractivity contribution in [3.05, 3.63) is 35.9 Å². The fraction of sp³-hybridized carbons (Fsp3) is 0.571. The van der Waals surface area contributed by atoms with E-state index in [9.17, 15) is 4.57 Å². The van der Waals surface area contributed by atoms with E-state index in [0.29, 0.717) is 6.61 Å². The Morgan fingerprint density at radius 3 is 2.10 bits per heavy atom. The molecule has 0 amide bonds. The van der Waals surface area contributed by atoms with E-state index >= 15 is 0 Å². The summed E-state index contributed by atoms with van der Waals surface area (Å²) in [6.07, 6.45) is 0. The van der Waals surface area contributed by atoms with Crippen LogP contribution in [0.5, 0.6) is 0 Å². The molecule has 1 aromatic carbocycles. The lowest BCUT2D eigenvalue weighted by Crippen LogP contribution is -2.22. The highest BCUT2D eigenvalue weighted by Gasteiger charge is 2.36. The molecule has 0 aliphatic carbocycles. The molecule has 0 fully saturated rings. The van der Waals surface area contributed by atoms with Gasteiger partial charge in [0.1, 0.15) is 0 Å². The Morgan fingerprint density at radius 2 is 1.65 bits per heavy atom. The lowest BCUT2D eigenvalue weighted by atomic mass is 10.2. The Balaban J connectivity index is 2.89. The third-order valence-corrected chi connectivity index (χ3v) is 6.75. The molecule has 0 aliphatic heterocycles. The fourth-order valence-electron chi connectivity index (χ4n) is 1.73. The zero-order chi connectivity index (χ0) is 15.2. The molecule has 1 rings (SSSR count). The van der Waals surface area contributed by atoms with Crippen LogP contribution in [0.4, 0.5) is 0 Å². The van der Waals surface area contributed by atoms with Crippen LogP contribution in [-0.4, -0.2) is 28.9 Å². The molecule has 0 spiro atoms. The van der Waals surface area contributed by atoms with Gasteiger partial charge in [-0.25, -0.2) is 0 Å². The van der Waals surface area contributed by atoms with Crippen LogP contribution in [0.25, 0.3) is 0 Å².